The zero-order valence-electron chi connectivity index (χ0n) is 23.6. The van der Waals surface area contributed by atoms with Crippen LogP contribution in [0.2, 0.25) is 5.02 Å². The largest absolute Gasteiger partial charge is 0.465 e. The number of aliphatic hydroxyl groups excluding tert-OH is 1. The summed E-state index contributed by atoms with van der Waals surface area (Å²) in [6.45, 7) is 7.90. The summed E-state index contributed by atoms with van der Waals surface area (Å²) in [5.41, 5.74) is -1.15. The maximum Gasteiger partial charge on any atom is 0.313 e. The van der Waals surface area contributed by atoms with E-state index < -0.39 is 41.1 Å². The molecule has 4 heterocycles. The standard InChI is InChI=1S/C31H39ClN2O6/c1-5-19(3)22(18-35)34-26-28(37)33(25-20(4)12-10-13-21(25)32)16-11-15-31(26)23(27(34)36)24-29(38)39-17-9-7-8-14-30(24,6-2)40-31/h8,10-15,19,22-24,26,35H,5-7,9,16-18H2,1-4H3/b14-8-/t19-,22-,23-,24+,26?,30-,31-/m0/s1. The molecule has 216 valence electrons. The molecule has 1 spiro atoms. The Labute approximate surface area is 240 Å². The topological polar surface area (TPSA) is 96.4 Å². The number of halogens is 1. The van der Waals surface area contributed by atoms with Crippen LogP contribution in [0.25, 0.3) is 0 Å². The second-order valence-corrected chi connectivity index (χ2v) is 11.9. The molecule has 40 heavy (non-hydrogen) atoms. The number of hydrogen-bond acceptors (Lipinski definition) is 6. The van der Waals surface area contributed by atoms with Crippen molar-refractivity contribution in [3.63, 3.8) is 0 Å². The summed E-state index contributed by atoms with van der Waals surface area (Å²) in [5.74, 6) is -3.24. The van der Waals surface area contributed by atoms with E-state index in [0.29, 0.717) is 36.4 Å². The highest BCUT2D eigenvalue weighted by Crippen LogP contribution is 2.59. The van der Waals surface area contributed by atoms with Crippen LogP contribution < -0.4 is 4.90 Å². The number of allylic oxidation sites excluding steroid dienone is 1. The number of nitrogens with zero attached hydrogens (tertiary/aromatic N) is 2. The molecular formula is C31H39ClN2O6. The number of ether oxygens (including phenoxy) is 2. The van der Waals surface area contributed by atoms with Crippen LogP contribution in [-0.2, 0) is 23.9 Å². The van der Waals surface area contributed by atoms with Gasteiger partial charge in [0, 0.05) is 6.54 Å². The third-order valence-electron chi connectivity index (χ3n) is 9.37. The van der Waals surface area contributed by atoms with Crippen LogP contribution in [0.15, 0.2) is 42.5 Å². The number of likely N-dealkylation sites (tertiary alicyclic amines) is 1. The van der Waals surface area contributed by atoms with Gasteiger partial charge in [-0.05, 0) is 43.7 Å². The molecule has 0 radical (unpaired) electrons. The van der Waals surface area contributed by atoms with Gasteiger partial charge in [-0.2, -0.15) is 0 Å². The minimum Gasteiger partial charge on any atom is -0.465 e. The molecule has 8 nitrogen and oxygen atoms in total. The molecule has 5 rings (SSSR count). The first-order chi connectivity index (χ1) is 19.2. The summed E-state index contributed by atoms with van der Waals surface area (Å²) >= 11 is 6.64. The van der Waals surface area contributed by atoms with Crippen molar-refractivity contribution in [3.05, 3.63) is 53.1 Å². The molecule has 9 heteroatoms. The van der Waals surface area contributed by atoms with E-state index in [2.05, 4.69) is 0 Å². The van der Waals surface area contributed by atoms with E-state index in [-0.39, 0.29) is 37.5 Å². The summed E-state index contributed by atoms with van der Waals surface area (Å²) in [6, 6.07) is 3.71. The fraction of sp³-hybridized carbons (Fsp3) is 0.581. The predicted octanol–water partition coefficient (Wildman–Crippen LogP) is 4.21. The van der Waals surface area contributed by atoms with Gasteiger partial charge in [0.1, 0.15) is 23.2 Å². The van der Waals surface area contributed by atoms with Crippen LogP contribution in [0.3, 0.4) is 0 Å². The van der Waals surface area contributed by atoms with Crippen LogP contribution in [0.1, 0.15) is 52.0 Å². The molecule has 1 unspecified atom stereocenters. The molecule has 0 aromatic heterocycles. The number of carbonyl (C=O) groups excluding carboxylic acids is 3. The van der Waals surface area contributed by atoms with E-state index in [1.807, 2.05) is 64.1 Å². The van der Waals surface area contributed by atoms with E-state index >= 15 is 0 Å². The summed E-state index contributed by atoms with van der Waals surface area (Å²) in [6.07, 6.45) is 10.0. The van der Waals surface area contributed by atoms with Crippen LogP contribution >= 0.6 is 11.6 Å². The summed E-state index contributed by atoms with van der Waals surface area (Å²) < 4.78 is 12.7. The van der Waals surface area contributed by atoms with Crippen LogP contribution in [0, 0.1) is 24.7 Å². The van der Waals surface area contributed by atoms with Gasteiger partial charge in [0.25, 0.3) is 5.91 Å². The number of cyclic esters (lactones) is 1. The number of aryl methyl sites for hydroxylation is 1. The second kappa shape index (κ2) is 11.0. The molecule has 7 atom stereocenters. The molecule has 4 aliphatic heterocycles. The third kappa shape index (κ3) is 4.22. The molecule has 0 bridgehead atoms. The Hall–Kier alpha value is -2.68. The number of esters is 1. The van der Waals surface area contributed by atoms with Crippen molar-refractivity contribution in [3.8, 4) is 0 Å². The first-order valence-electron chi connectivity index (χ1n) is 14.4. The molecule has 2 amide bonds. The summed E-state index contributed by atoms with van der Waals surface area (Å²) in [5, 5.41) is 11.0. The number of aliphatic hydroxyl groups is 1. The lowest BCUT2D eigenvalue weighted by molar-refractivity contribution is -0.161. The van der Waals surface area contributed by atoms with Crippen LogP contribution in [0.4, 0.5) is 5.69 Å². The quantitative estimate of drug-likeness (QED) is 0.406. The first-order valence-corrected chi connectivity index (χ1v) is 14.8. The van der Waals surface area contributed by atoms with Crippen molar-refractivity contribution >= 4 is 35.1 Å². The summed E-state index contributed by atoms with van der Waals surface area (Å²) in [4.78, 5) is 46.2. The van der Waals surface area contributed by atoms with Crippen molar-refractivity contribution in [2.45, 2.75) is 76.7 Å². The lowest BCUT2D eigenvalue weighted by Crippen LogP contribution is -2.60. The van der Waals surface area contributed by atoms with Crippen LogP contribution in [0.5, 0.6) is 0 Å². The minimum absolute atomic E-state index is 0.108. The molecule has 4 aliphatic rings. The molecular weight excluding hydrogens is 532 g/mol. The van der Waals surface area contributed by atoms with Crippen molar-refractivity contribution in [2.24, 2.45) is 17.8 Å². The number of amides is 2. The van der Waals surface area contributed by atoms with Gasteiger partial charge in [-0.3, -0.25) is 14.4 Å². The number of para-hydroxylation sites is 1. The second-order valence-electron chi connectivity index (χ2n) is 11.5. The zero-order chi connectivity index (χ0) is 28.8. The maximum absolute atomic E-state index is 14.8. The number of fused-ring (bicyclic) bond motifs is 2. The van der Waals surface area contributed by atoms with E-state index in [4.69, 9.17) is 21.1 Å². The van der Waals surface area contributed by atoms with Crippen molar-refractivity contribution < 1.29 is 29.0 Å². The van der Waals surface area contributed by atoms with Gasteiger partial charge in [0.2, 0.25) is 5.91 Å². The lowest BCUT2D eigenvalue weighted by Gasteiger charge is -2.42. The van der Waals surface area contributed by atoms with Crippen LogP contribution in [-0.4, -0.2) is 70.8 Å². The third-order valence-corrected chi connectivity index (χ3v) is 9.68. The van der Waals surface area contributed by atoms with Gasteiger partial charge >= 0.3 is 5.97 Å². The van der Waals surface area contributed by atoms with E-state index in [9.17, 15) is 19.5 Å². The SMILES string of the molecule is CC[C@H](C)[C@H](CO)N1C(=O)[C@@H]2[C@@H]3C(=O)OCCC/C=C\[C@]3(CC)O[C@@]23C=CCN(c2c(C)cccc2Cl)C(=O)C13. The smallest absolute Gasteiger partial charge is 0.313 e. The molecule has 0 aliphatic carbocycles. The molecule has 2 fully saturated rings. The van der Waals surface area contributed by atoms with Gasteiger partial charge < -0.3 is 24.4 Å². The number of benzene rings is 1. The molecule has 1 aromatic carbocycles. The Morgan fingerprint density at radius 3 is 2.58 bits per heavy atom. The molecule has 2 saturated heterocycles. The Kier molecular flexibility index (Phi) is 7.89. The van der Waals surface area contributed by atoms with E-state index in [0.717, 1.165) is 5.56 Å². The molecule has 1 aromatic rings. The number of hydrogen-bond donors (Lipinski definition) is 1. The highest BCUT2D eigenvalue weighted by atomic mass is 35.5. The Balaban J connectivity index is 1.73. The molecule has 1 N–H and O–H groups in total. The Morgan fingerprint density at radius 2 is 1.90 bits per heavy atom. The summed E-state index contributed by atoms with van der Waals surface area (Å²) in [7, 11) is 0. The van der Waals surface area contributed by atoms with Gasteiger partial charge in [-0.15, -0.1) is 0 Å². The fourth-order valence-corrected chi connectivity index (χ4v) is 7.48. The number of carbonyl (C=O) groups is 3. The first kappa shape index (κ1) is 28.8. The normalized spacial score (nSPS) is 34.1. The zero-order valence-corrected chi connectivity index (χ0v) is 24.4. The number of rotatable bonds is 6. The van der Waals surface area contributed by atoms with Crippen molar-refractivity contribution in [2.75, 3.05) is 24.7 Å². The molecule has 0 saturated carbocycles. The minimum atomic E-state index is -1.43. The van der Waals surface area contributed by atoms with Gasteiger partial charge in [0.15, 0.2) is 0 Å². The van der Waals surface area contributed by atoms with E-state index in [1.165, 1.54) is 4.90 Å². The fourth-order valence-electron chi connectivity index (χ4n) is 7.15. The van der Waals surface area contributed by atoms with Crippen molar-refractivity contribution in [1.29, 1.82) is 0 Å². The van der Waals surface area contributed by atoms with Gasteiger partial charge in [-0.25, -0.2) is 0 Å². The Morgan fingerprint density at radius 1 is 1.12 bits per heavy atom. The predicted molar refractivity (Wildman–Crippen MR) is 152 cm³/mol. The van der Waals surface area contributed by atoms with Gasteiger partial charge in [-0.1, -0.05) is 75.2 Å². The average molecular weight is 571 g/mol. The number of anilines is 1. The Bertz CT molecular complexity index is 1230. The lowest BCUT2D eigenvalue weighted by atomic mass is 9.73. The highest BCUT2D eigenvalue weighted by molar-refractivity contribution is 6.34. The van der Waals surface area contributed by atoms with Gasteiger partial charge in [0.05, 0.1) is 35.9 Å². The average Bonchev–Trinajstić information content (AvgIpc) is 3.32. The van der Waals surface area contributed by atoms with E-state index in [1.54, 1.807) is 11.0 Å². The monoisotopic (exact) mass is 570 g/mol. The highest BCUT2D eigenvalue weighted by Gasteiger charge is 2.76. The maximum atomic E-state index is 14.8. The van der Waals surface area contributed by atoms with Crippen molar-refractivity contribution in [1.82, 2.24) is 4.90 Å².